The van der Waals surface area contributed by atoms with Crippen molar-refractivity contribution in [2.24, 2.45) is 5.73 Å². The molecule has 1 atom stereocenters. The van der Waals surface area contributed by atoms with Crippen molar-refractivity contribution < 1.29 is 0 Å². The summed E-state index contributed by atoms with van der Waals surface area (Å²) >= 11 is 1.82. The summed E-state index contributed by atoms with van der Waals surface area (Å²) in [6.45, 7) is 3.08. The lowest BCUT2D eigenvalue weighted by molar-refractivity contribution is 0.674. The van der Waals surface area contributed by atoms with Crippen LogP contribution in [0.15, 0.2) is 35.8 Å². The molecule has 3 nitrogen and oxygen atoms in total. The van der Waals surface area contributed by atoms with E-state index < -0.39 is 0 Å². The number of pyridine rings is 1. The Bertz CT molecular complexity index is 531. The van der Waals surface area contributed by atoms with E-state index >= 15 is 0 Å². The van der Waals surface area contributed by atoms with E-state index in [1.807, 2.05) is 17.5 Å². The summed E-state index contributed by atoms with van der Waals surface area (Å²) in [5.41, 5.74) is 8.23. The van der Waals surface area contributed by atoms with Crippen LogP contribution in [0.3, 0.4) is 0 Å². The maximum absolute atomic E-state index is 6.03. The predicted octanol–water partition coefficient (Wildman–Crippen LogP) is 3.72. The number of nitrogens with zero attached hydrogens (tertiary/aromatic N) is 2. The van der Waals surface area contributed by atoms with Crippen molar-refractivity contribution in [3.63, 3.8) is 0 Å². The molecule has 0 aromatic carbocycles. The summed E-state index contributed by atoms with van der Waals surface area (Å²) < 4.78 is 0. The molecule has 2 aromatic heterocycles. The Balaban J connectivity index is 1.77. The smallest absolute Gasteiger partial charge is 0.0572 e. The van der Waals surface area contributed by atoms with E-state index in [2.05, 4.69) is 46.5 Å². The Morgan fingerprint density at radius 1 is 1.40 bits per heavy atom. The third-order valence-corrected chi connectivity index (χ3v) is 4.68. The lowest BCUT2D eigenvalue weighted by atomic mass is 10.1. The number of hydrogen-bond donors (Lipinski definition) is 1. The molecule has 0 aliphatic heterocycles. The molecule has 1 fully saturated rings. The highest BCUT2D eigenvalue weighted by molar-refractivity contribution is 7.09. The first-order chi connectivity index (χ1) is 9.78. The van der Waals surface area contributed by atoms with Crippen LogP contribution in [-0.4, -0.2) is 11.0 Å². The summed E-state index contributed by atoms with van der Waals surface area (Å²) in [4.78, 5) is 8.43. The lowest BCUT2D eigenvalue weighted by Gasteiger charge is -2.24. The highest BCUT2D eigenvalue weighted by atomic mass is 32.1. The summed E-state index contributed by atoms with van der Waals surface area (Å²) in [7, 11) is 0. The standard InChI is InChI=1S/C16H21N3S/c1-2-15(17)16-8-7-13(10-18-16)19(12-5-6-12)11-14-4-3-9-20-14/h3-4,7-10,12,15H,2,5-6,11,17H2,1H3. The molecule has 0 radical (unpaired) electrons. The van der Waals surface area contributed by atoms with Gasteiger partial charge in [0.1, 0.15) is 0 Å². The van der Waals surface area contributed by atoms with Gasteiger partial charge in [-0.15, -0.1) is 11.3 Å². The summed E-state index contributed by atoms with van der Waals surface area (Å²) in [6, 6.07) is 9.30. The molecule has 2 aromatic rings. The highest BCUT2D eigenvalue weighted by Gasteiger charge is 2.29. The van der Waals surface area contributed by atoms with Gasteiger partial charge in [0.15, 0.2) is 0 Å². The fourth-order valence-electron chi connectivity index (χ4n) is 2.38. The summed E-state index contributed by atoms with van der Waals surface area (Å²) in [6.07, 6.45) is 5.49. The minimum Gasteiger partial charge on any atom is -0.362 e. The van der Waals surface area contributed by atoms with E-state index in [1.54, 1.807) is 0 Å². The van der Waals surface area contributed by atoms with Crippen LogP contribution in [0.25, 0.3) is 0 Å². The monoisotopic (exact) mass is 287 g/mol. The van der Waals surface area contributed by atoms with Crippen molar-refractivity contribution in [1.29, 1.82) is 0 Å². The van der Waals surface area contributed by atoms with Gasteiger partial charge in [0.05, 0.1) is 24.1 Å². The number of aromatic nitrogens is 1. The first-order valence-corrected chi connectivity index (χ1v) is 8.16. The number of rotatable bonds is 6. The molecule has 4 heteroatoms. The molecular formula is C16H21N3S. The predicted molar refractivity (Wildman–Crippen MR) is 85.0 cm³/mol. The molecule has 1 saturated carbocycles. The number of thiophene rings is 1. The van der Waals surface area contributed by atoms with Gasteiger partial charge >= 0.3 is 0 Å². The average molecular weight is 287 g/mol. The van der Waals surface area contributed by atoms with Gasteiger partial charge in [-0.2, -0.15) is 0 Å². The normalized spacial score (nSPS) is 16.1. The van der Waals surface area contributed by atoms with Crippen molar-refractivity contribution >= 4 is 17.0 Å². The van der Waals surface area contributed by atoms with Gasteiger partial charge in [-0.05, 0) is 42.8 Å². The molecule has 106 valence electrons. The van der Waals surface area contributed by atoms with E-state index in [-0.39, 0.29) is 6.04 Å². The number of nitrogens with two attached hydrogens (primary N) is 1. The zero-order chi connectivity index (χ0) is 13.9. The summed E-state index contributed by atoms with van der Waals surface area (Å²) in [5, 5.41) is 2.14. The molecule has 1 unspecified atom stereocenters. The molecule has 0 bridgehead atoms. The third kappa shape index (κ3) is 3.02. The average Bonchev–Trinajstić information content (AvgIpc) is 3.21. The van der Waals surface area contributed by atoms with Crippen molar-refractivity contribution in [1.82, 2.24) is 4.98 Å². The van der Waals surface area contributed by atoms with E-state index in [0.717, 1.165) is 18.7 Å². The first kappa shape index (κ1) is 13.6. The van der Waals surface area contributed by atoms with Crippen molar-refractivity contribution in [2.75, 3.05) is 4.90 Å². The molecule has 0 amide bonds. The second-order valence-corrected chi connectivity index (χ2v) is 6.43. The maximum Gasteiger partial charge on any atom is 0.0572 e. The van der Waals surface area contributed by atoms with Gasteiger partial charge in [0.2, 0.25) is 0 Å². The van der Waals surface area contributed by atoms with Gasteiger partial charge in [0.25, 0.3) is 0 Å². The number of hydrogen-bond acceptors (Lipinski definition) is 4. The zero-order valence-corrected chi connectivity index (χ0v) is 12.6. The lowest BCUT2D eigenvalue weighted by Crippen LogP contribution is -2.24. The molecule has 0 saturated heterocycles. The van der Waals surface area contributed by atoms with Crippen molar-refractivity contribution in [3.8, 4) is 0 Å². The Labute approximate surface area is 124 Å². The Morgan fingerprint density at radius 2 is 2.25 bits per heavy atom. The minimum atomic E-state index is 0.0516. The molecule has 20 heavy (non-hydrogen) atoms. The Morgan fingerprint density at radius 3 is 2.80 bits per heavy atom. The fraction of sp³-hybridized carbons (Fsp3) is 0.438. The van der Waals surface area contributed by atoms with Crippen LogP contribution >= 0.6 is 11.3 Å². The fourth-order valence-corrected chi connectivity index (χ4v) is 3.09. The Kier molecular flexibility index (Phi) is 4.03. The van der Waals surface area contributed by atoms with Crippen LogP contribution in [0.2, 0.25) is 0 Å². The van der Waals surface area contributed by atoms with Crippen molar-refractivity contribution in [2.45, 2.75) is 44.8 Å². The second-order valence-electron chi connectivity index (χ2n) is 5.39. The minimum absolute atomic E-state index is 0.0516. The first-order valence-electron chi connectivity index (χ1n) is 7.28. The molecule has 3 rings (SSSR count). The largest absolute Gasteiger partial charge is 0.362 e. The van der Waals surface area contributed by atoms with Crippen LogP contribution < -0.4 is 10.6 Å². The van der Waals surface area contributed by atoms with E-state index in [4.69, 9.17) is 5.73 Å². The molecular weight excluding hydrogens is 266 g/mol. The SMILES string of the molecule is CCC(N)c1ccc(N(Cc2cccs2)C2CC2)cn1. The van der Waals surface area contributed by atoms with Gasteiger partial charge in [-0.1, -0.05) is 13.0 Å². The van der Waals surface area contributed by atoms with Gasteiger partial charge in [-0.25, -0.2) is 0 Å². The third-order valence-electron chi connectivity index (χ3n) is 3.82. The molecule has 1 aliphatic rings. The molecule has 2 N–H and O–H groups in total. The molecule has 2 heterocycles. The van der Waals surface area contributed by atoms with Crippen LogP contribution in [0.4, 0.5) is 5.69 Å². The maximum atomic E-state index is 6.03. The van der Waals surface area contributed by atoms with E-state index in [1.165, 1.54) is 23.4 Å². The van der Waals surface area contributed by atoms with E-state index in [9.17, 15) is 0 Å². The summed E-state index contributed by atoms with van der Waals surface area (Å²) in [5.74, 6) is 0. The van der Waals surface area contributed by atoms with Gasteiger partial charge < -0.3 is 10.6 Å². The highest BCUT2D eigenvalue weighted by Crippen LogP contribution is 2.33. The topological polar surface area (TPSA) is 42.1 Å². The van der Waals surface area contributed by atoms with Gasteiger partial charge in [-0.3, -0.25) is 4.98 Å². The van der Waals surface area contributed by atoms with E-state index in [0.29, 0.717) is 6.04 Å². The van der Waals surface area contributed by atoms with Gasteiger partial charge in [0, 0.05) is 17.0 Å². The second kappa shape index (κ2) is 5.94. The van der Waals surface area contributed by atoms with Crippen LogP contribution in [0.1, 0.15) is 42.8 Å². The van der Waals surface area contributed by atoms with Crippen LogP contribution in [0, 0.1) is 0 Å². The Hall–Kier alpha value is -1.39. The number of anilines is 1. The van der Waals surface area contributed by atoms with Crippen molar-refractivity contribution in [3.05, 3.63) is 46.4 Å². The zero-order valence-electron chi connectivity index (χ0n) is 11.8. The quantitative estimate of drug-likeness (QED) is 0.880. The van der Waals surface area contributed by atoms with Crippen LogP contribution in [0.5, 0.6) is 0 Å². The molecule has 0 spiro atoms. The van der Waals surface area contributed by atoms with Crippen LogP contribution in [-0.2, 0) is 6.54 Å². The molecule has 1 aliphatic carbocycles.